The van der Waals surface area contributed by atoms with E-state index in [1.54, 1.807) is 4.90 Å². The number of hydrogen-bond acceptors (Lipinski definition) is 9. The van der Waals surface area contributed by atoms with E-state index in [4.69, 9.17) is 17.9 Å². The topological polar surface area (TPSA) is 135 Å². The van der Waals surface area contributed by atoms with Gasteiger partial charge in [-0.1, -0.05) is 17.7 Å². The van der Waals surface area contributed by atoms with Crippen LogP contribution in [0.1, 0.15) is 37.8 Å². The zero-order chi connectivity index (χ0) is 23.5. The Labute approximate surface area is 190 Å². The second-order valence-corrected chi connectivity index (χ2v) is 7.45. The van der Waals surface area contributed by atoms with Crippen LogP contribution in [0.25, 0.3) is 0 Å². The maximum absolute atomic E-state index is 12.0. The fourth-order valence-corrected chi connectivity index (χ4v) is 3.02. The summed E-state index contributed by atoms with van der Waals surface area (Å²) in [6, 6.07) is 9.93. The fourth-order valence-electron chi connectivity index (χ4n) is 3.02. The molecule has 1 aromatic carbocycles. The minimum Gasteiger partial charge on any atom is -0.473 e. The van der Waals surface area contributed by atoms with Crippen molar-refractivity contribution >= 4 is 29.2 Å². The van der Waals surface area contributed by atoms with Gasteiger partial charge in [0.1, 0.15) is 18.5 Å². The quantitative estimate of drug-likeness (QED) is 0.715. The molecular weight excluding hydrogens is 434 g/mol. The van der Waals surface area contributed by atoms with Crippen molar-refractivity contribution in [3.05, 3.63) is 41.7 Å². The summed E-state index contributed by atoms with van der Waals surface area (Å²) in [5.41, 5.74) is 2.23. The van der Waals surface area contributed by atoms with Crippen LogP contribution in [0.15, 0.2) is 30.6 Å². The maximum atomic E-state index is 12.0. The van der Waals surface area contributed by atoms with Gasteiger partial charge in [0.2, 0.25) is 5.88 Å². The molecular formula is C21H25N5O5S. The third-order valence-electron chi connectivity index (χ3n) is 4.55. The number of aryl methyl sites for hydroxylation is 1. The monoisotopic (exact) mass is 459 g/mol. The lowest BCUT2D eigenvalue weighted by Gasteiger charge is -2.31. The Morgan fingerprint density at radius 3 is 2.41 bits per heavy atom. The van der Waals surface area contributed by atoms with Gasteiger partial charge in [-0.3, -0.25) is 0 Å². The summed E-state index contributed by atoms with van der Waals surface area (Å²) < 4.78 is 27.8. The molecule has 32 heavy (non-hydrogen) atoms. The first-order valence-electron chi connectivity index (χ1n) is 10.0. The average molecular weight is 460 g/mol. The van der Waals surface area contributed by atoms with Crippen LogP contribution >= 0.6 is 0 Å². The first kappa shape index (κ1) is 24.7. The van der Waals surface area contributed by atoms with Crippen LogP contribution in [0.5, 0.6) is 5.88 Å². The predicted octanol–water partition coefficient (Wildman–Crippen LogP) is 3.12. The van der Waals surface area contributed by atoms with Gasteiger partial charge in [0.25, 0.3) is 0 Å². The van der Waals surface area contributed by atoms with Crippen LogP contribution in [-0.4, -0.2) is 54.7 Å². The smallest absolute Gasteiger partial charge is 0.410 e. The van der Waals surface area contributed by atoms with Gasteiger partial charge in [-0.05, 0) is 32.9 Å². The number of piperidine rings is 1. The van der Waals surface area contributed by atoms with Crippen LogP contribution in [0.3, 0.4) is 0 Å². The van der Waals surface area contributed by atoms with Crippen molar-refractivity contribution in [1.82, 2.24) is 14.9 Å². The van der Waals surface area contributed by atoms with E-state index in [1.807, 2.05) is 45.0 Å². The van der Waals surface area contributed by atoms with Crippen molar-refractivity contribution in [2.24, 2.45) is 0 Å². The third kappa shape index (κ3) is 7.31. The minimum absolute atomic E-state index is 0.132. The maximum Gasteiger partial charge on any atom is 0.410 e. The second-order valence-electron chi connectivity index (χ2n) is 7.31. The molecule has 1 aliphatic rings. The molecule has 11 heteroatoms. The van der Waals surface area contributed by atoms with Crippen LogP contribution < -0.4 is 10.1 Å². The van der Waals surface area contributed by atoms with Crippen LogP contribution in [0.2, 0.25) is 0 Å². The van der Waals surface area contributed by atoms with Gasteiger partial charge in [-0.25, -0.2) is 14.8 Å². The molecule has 1 aliphatic heterocycles. The summed E-state index contributed by atoms with van der Waals surface area (Å²) in [7, 11) is 0. The molecule has 0 atom stereocenters. The molecule has 0 aliphatic carbocycles. The summed E-state index contributed by atoms with van der Waals surface area (Å²) in [5.74, 6) is 0.652. The van der Waals surface area contributed by atoms with Crippen LogP contribution in [-0.2, 0) is 16.3 Å². The van der Waals surface area contributed by atoms with E-state index in [2.05, 4.69) is 21.4 Å². The standard InChI is InChI=1S/C21H25N5O3.O2S/c1-14(2)28-21(27)26-10-8-17(9-11-26)29-20-18(12-22)19(23-13-24-20)25-16-6-4-15(3)5-7-16;1-3-2/h4-7,13-14,17H,8-11H2,1-3H3,(H,23,24,25);. The normalized spacial score (nSPS) is 13.4. The van der Waals surface area contributed by atoms with Gasteiger partial charge in [-0.15, -0.1) is 0 Å². The Morgan fingerprint density at radius 2 is 1.84 bits per heavy atom. The summed E-state index contributed by atoms with van der Waals surface area (Å²) in [5, 5.41) is 12.8. The van der Waals surface area contributed by atoms with E-state index in [-0.39, 0.29) is 29.7 Å². The second kappa shape index (κ2) is 12.4. The molecule has 10 nitrogen and oxygen atoms in total. The van der Waals surface area contributed by atoms with E-state index in [9.17, 15) is 10.1 Å². The molecule has 1 saturated heterocycles. The summed E-state index contributed by atoms with van der Waals surface area (Å²) >= 11 is -0.750. The van der Waals surface area contributed by atoms with Gasteiger partial charge < -0.3 is 19.7 Å². The number of amides is 1. The fraction of sp³-hybridized carbons (Fsp3) is 0.429. The number of nitrogens with one attached hydrogen (secondary N) is 1. The largest absolute Gasteiger partial charge is 0.473 e. The lowest BCUT2D eigenvalue weighted by atomic mass is 10.1. The van der Waals surface area contributed by atoms with Crippen molar-refractivity contribution in [1.29, 1.82) is 5.26 Å². The van der Waals surface area contributed by atoms with Crippen molar-refractivity contribution in [3.8, 4) is 11.9 Å². The number of anilines is 2. The van der Waals surface area contributed by atoms with Crippen LogP contribution in [0.4, 0.5) is 16.3 Å². The Hall–Kier alpha value is -3.52. The third-order valence-corrected chi connectivity index (χ3v) is 4.55. The van der Waals surface area contributed by atoms with Gasteiger partial charge in [0, 0.05) is 31.6 Å². The lowest BCUT2D eigenvalue weighted by molar-refractivity contribution is 0.0506. The lowest BCUT2D eigenvalue weighted by Crippen LogP contribution is -2.42. The highest BCUT2D eigenvalue weighted by Gasteiger charge is 2.26. The summed E-state index contributed by atoms with van der Waals surface area (Å²) in [4.78, 5) is 22.0. The first-order valence-corrected chi connectivity index (χ1v) is 10.7. The molecule has 0 unspecified atom stereocenters. The highest BCUT2D eigenvalue weighted by molar-refractivity contribution is 7.51. The molecule has 2 heterocycles. The molecule has 1 N–H and O–H groups in total. The number of carbonyl (C=O) groups is 1. The Morgan fingerprint density at radius 1 is 1.22 bits per heavy atom. The van der Waals surface area contributed by atoms with E-state index >= 15 is 0 Å². The van der Waals surface area contributed by atoms with Gasteiger partial charge in [-0.2, -0.15) is 13.7 Å². The highest BCUT2D eigenvalue weighted by Crippen LogP contribution is 2.27. The average Bonchev–Trinajstić information content (AvgIpc) is 2.76. The number of nitriles is 1. The molecule has 0 spiro atoms. The van der Waals surface area contributed by atoms with Crippen molar-refractivity contribution in [2.75, 3.05) is 18.4 Å². The molecule has 1 aromatic heterocycles. The molecule has 1 fully saturated rings. The number of rotatable bonds is 5. The molecule has 0 radical (unpaired) electrons. The number of benzene rings is 1. The van der Waals surface area contributed by atoms with Crippen molar-refractivity contribution in [3.63, 3.8) is 0 Å². The summed E-state index contributed by atoms with van der Waals surface area (Å²) in [6.07, 6.45) is 2.08. The zero-order valence-corrected chi connectivity index (χ0v) is 18.9. The van der Waals surface area contributed by atoms with E-state index in [0.717, 1.165) is 11.3 Å². The van der Waals surface area contributed by atoms with E-state index in [0.29, 0.717) is 31.7 Å². The van der Waals surface area contributed by atoms with Gasteiger partial charge >= 0.3 is 17.7 Å². The molecule has 170 valence electrons. The number of aromatic nitrogens is 2. The number of nitrogens with zero attached hydrogens (tertiary/aromatic N) is 4. The van der Waals surface area contributed by atoms with Gasteiger partial charge in [0.15, 0.2) is 11.4 Å². The Bertz CT molecular complexity index is 979. The first-order chi connectivity index (χ1) is 15.4. The molecule has 0 saturated carbocycles. The molecule has 1 amide bonds. The van der Waals surface area contributed by atoms with Crippen molar-refractivity contribution in [2.45, 2.75) is 45.8 Å². The molecule has 3 rings (SSSR count). The molecule has 2 aromatic rings. The molecule has 0 bridgehead atoms. The number of carbonyl (C=O) groups excluding carboxylic acids is 1. The predicted molar refractivity (Wildman–Crippen MR) is 117 cm³/mol. The van der Waals surface area contributed by atoms with E-state index < -0.39 is 11.6 Å². The number of ether oxygens (including phenoxy) is 2. The number of hydrogen-bond donors (Lipinski definition) is 1. The Kier molecular flexibility index (Phi) is 9.56. The highest BCUT2D eigenvalue weighted by atomic mass is 32.1. The Balaban J connectivity index is 0.00000114. The minimum atomic E-state index is -0.750. The SMILES string of the molecule is Cc1ccc(Nc2ncnc(OC3CCN(C(=O)OC(C)C)CC3)c2C#N)cc1.O=S=O. The van der Waals surface area contributed by atoms with Gasteiger partial charge in [0.05, 0.1) is 6.10 Å². The summed E-state index contributed by atoms with van der Waals surface area (Å²) in [6.45, 7) is 6.74. The number of likely N-dealkylation sites (tertiary alicyclic amines) is 1. The van der Waals surface area contributed by atoms with E-state index in [1.165, 1.54) is 6.33 Å². The van der Waals surface area contributed by atoms with Crippen molar-refractivity contribution < 1.29 is 22.7 Å². The zero-order valence-electron chi connectivity index (χ0n) is 18.1. The van der Waals surface area contributed by atoms with Crippen LogP contribution in [0, 0.1) is 18.3 Å².